The summed E-state index contributed by atoms with van der Waals surface area (Å²) in [6, 6.07) is 14.5. The standard InChI is InChI=1S/C16H15F3O/c17-16(18,19)15-8-6-12(7-9-15)10-14(11-20)13-4-2-1-3-5-13/h1-9,14,20H,10-11H2. The first-order chi connectivity index (χ1) is 9.50. The monoisotopic (exact) mass is 280 g/mol. The lowest BCUT2D eigenvalue weighted by Gasteiger charge is -2.15. The smallest absolute Gasteiger partial charge is 0.396 e. The van der Waals surface area contributed by atoms with Gasteiger partial charge in [0.15, 0.2) is 0 Å². The molecule has 0 bridgehead atoms. The van der Waals surface area contributed by atoms with Crippen LogP contribution in [0.5, 0.6) is 0 Å². The molecule has 0 aliphatic rings. The summed E-state index contributed by atoms with van der Waals surface area (Å²) in [5.41, 5.74) is 1.11. The first-order valence-electron chi connectivity index (χ1n) is 6.32. The van der Waals surface area contributed by atoms with E-state index in [0.29, 0.717) is 6.42 Å². The Morgan fingerprint density at radius 2 is 1.50 bits per heavy atom. The average molecular weight is 280 g/mol. The maximum absolute atomic E-state index is 12.5. The van der Waals surface area contributed by atoms with E-state index >= 15 is 0 Å². The first kappa shape index (κ1) is 14.6. The van der Waals surface area contributed by atoms with Crippen LogP contribution in [0.25, 0.3) is 0 Å². The molecule has 0 fully saturated rings. The summed E-state index contributed by atoms with van der Waals surface area (Å²) in [6.45, 7) is -0.0367. The molecule has 4 heteroatoms. The fourth-order valence-corrected chi connectivity index (χ4v) is 2.13. The second kappa shape index (κ2) is 6.09. The topological polar surface area (TPSA) is 20.2 Å². The van der Waals surface area contributed by atoms with Crippen LogP contribution in [0.1, 0.15) is 22.6 Å². The molecule has 0 aliphatic heterocycles. The van der Waals surface area contributed by atoms with Crippen molar-refractivity contribution in [2.75, 3.05) is 6.61 Å². The van der Waals surface area contributed by atoms with Gasteiger partial charge in [0.05, 0.1) is 12.2 Å². The van der Waals surface area contributed by atoms with Crippen LogP contribution in [0.15, 0.2) is 54.6 Å². The third kappa shape index (κ3) is 3.61. The van der Waals surface area contributed by atoms with Crippen molar-refractivity contribution >= 4 is 0 Å². The lowest BCUT2D eigenvalue weighted by molar-refractivity contribution is -0.137. The average Bonchev–Trinajstić information content (AvgIpc) is 2.45. The number of aliphatic hydroxyl groups excluding tert-OH is 1. The van der Waals surface area contributed by atoms with Gasteiger partial charge in [-0.15, -0.1) is 0 Å². The van der Waals surface area contributed by atoms with E-state index < -0.39 is 11.7 Å². The second-order valence-electron chi connectivity index (χ2n) is 4.69. The molecule has 2 aromatic carbocycles. The van der Waals surface area contributed by atoms with Crippen molar-refractivity contribution in [3.05, 3.63) is 71.3 Å². The van der Waals surface area contributed by atoms with Crippen molar-refractivity contribution in [3.63, 3.8) is 0 Å². The van der Waals surface area contributed by atoms with Gasteiger partial charge < -0.3 is 5.11 Å². The number of hydrogen-bond donors (Lipinski definition) is 1. The molecule has 1 nitrogen and oxygen atoms in total. The summed E-state index contributed by atoms with van der Waals surface area (Å²) in [5.74, 6) is -0.104. The van der Waals surface area contributed by atoms with Gasteiger partial charge >= 0.3 is 6.18 Å². The molecule has 20 heavy (non-hydrogen) atoms. The lowest BCUT2D eigenvalue weighted by atomic mass is 9.92. The van der Waals surface area contributed by atoms with Crippen molar-refractivity contribution in [1.29, 1.82) is 0 Å². The SMILES string of the molecule is OCC(Cc1ccc(C(F)(F)F)cc1)c1ccccc1. The molecule has 1 N–H and O–H groups in total. The third-order valence-corrected chi connectivity index (χ3v) is 3.25. The first-order valence-corrected chi connectivity index (χ1v) is 6.32. The van der Waals surface area contributed by atoms with Gasteiger partial charge in [0.25, 0.3) is 0 Å². The molecule has 0 radical (unpaired) electrons. The Hall–Kier alpha value is -1.81. The maximum Gasteiger partial charge on any atom is 0.416 e. The predicted molar refractivity (Wildman–Crippen MR) is 71.4 cm³/mol. The third-order valence-electron chi connectivity index (χ3n) is 3.25. The van der Waals surface area contributed by atoms with E-state index in [4.69, 9.17) is 0 Å². The van der Waals surface area contributed by atoms with Gasteiger partial charge in [-0.2, -0.15) is 13.2 Å². The summed E-state index contributed by atoms with van der Waals surface area (Å²) in [7, 11) is 0. The molecule has 0 saturated heterocycles. The minimum atomic E-state index is -4.31. The lowest BCUT2D eigenvalue weighted by Crippen LogP contribution is -2.09. The number of halogens is 3. The molecule has 0 amide bonds. The van der Waals surface area contributed by atoms with Crippen LogP contribution in [0, 0.1) is 0 Å². The van der Waals surface area contributed by atoms with Crippen LogP contribution < -0.4 is 0 Å². The number of alkyl halides is 3. The van der Waals surface area contributed by atoms with Crippen LogP contribution in [0.4, 0.5) is 13.2 Å². The molecule has 2 aromatic rings. The Bertz CT molecular complexity index is 532. The fraction of sp³-hybridized carbons (Fsp3) is 0.250. The largest absolute Gasteiger partial charge is 0.416 e. The summed E-state index contributed by atoms with van der Waals surface area (Å²) in [4.78, 5) is 0. The van der Waals surface area contributed by atoms with Crippen molar-refractivity contribution in [2.45, 2.75) is 18.5 Å². The van der Waals surface area contributed by atoms with Gasteiger partial charge in [-0.1, -0.05) is 42.5 Å². The molecule has 0 aromatic heterocycles. The minimum Gasteiger partial charge on any atom is -0.396 e. The summed E-state index contributed by atoms with van der Waals surface area (Å²) >= 11 is 0. The molecule has 2 rings (SSSR count). The zero-order valence-corrected chi connectivity index (χ0v) is 10.8. The van der Waals surface area contributed by atoms with E-state index in [1.807, 2.05) is 30.3 Å². The quantitative estimate of drug-likeness (QED) is 0.896. The van der Waals surface area contributed by atoms with E-state index in [-0.39, 0.29) is 12.5 Å². The molecule has 0 heterocycles. The Morgan fingerprint density at radius 1 is 0.900 bits per heavy atom. The van der Waals surface area contributed by atoms with Crippen LogP contribution in [-0.4, -0.2) is 11.7 Å². The fourth-order valence-electron chi connectivity index (χ4n) is 2.13. The Kier molecular flexibility index (Phi) is 4.45. The second-order valence-corrected chi connectivity index (χ2v) is 4.69. The Balaban J connectivity index is 2.13. The van der Waals surface area contributed by atoms with E-state index in [0.717, 1.165) is 23.3 Å². The minimum absolute atomic E-state index is 0.0367. The van der Waals surface area contributed by atoms with Crippen molar-refractivity contribution in [2.24, 2.45) is 0 Å². The highest BCUT2D eigenvalue weighted by atomic mass is 19.4. The number of hydrogen-bond acceptors (Lipinski definition) is 1. The number of rotatable bonds is 4. The van der Waals surface area contributed by atoms with Crippen LogP contribution in [0.3, 0.4) is 0 Å². The van der Waals surface area contributed by atoms with E-state index in [2.05, 4.69) is 0 Å². The molecule has 1 unspecified atom stereocenters. The van der Waals surface area contributed by atoms with Crippen molar-refractivity contribution in [3.8, 4) is 0 Å². The van der Waals surface area contributed by atoms with E-state index in [1.165, 1.54) is 12.1 Å². The van der Waals surface area contributed by atoms with Crippen LogP contribution in [-0.2, 0) is 12.6 Å². The van der Waals surface area contributed by atoms with Crippen LogP contribution >= 0.6 is 0 Å². The highest BCUT2D eigenvalue weighted by Crippen LogP contribution is 2.30. The maximum atomic E-state index is 12.5. The van der Waals surface area contributed by atoms with Crippen molar-refractivity contribution < 1.29 is 18.3 Å². The van der Waals surface area contributed by atoms with Crippen molar-refractivity contribution in [1.82, 2.24) is 0 Å². The number of aliphatic hydroxyl groups is 1. The molecular formula is C16H15F3O. The molecule has 106 valence electrons. The van der Waals surface area contributed by atoms with Gasteiger partial charge in [0, 0.05) is 5.92 Å². The van der Waals surface area contributed by atoms with Crippen LogP contribution in [0.2, 0.25) is 0 Å². The molecular weight excluding hydrogens is 265 g/mol. The van der Waals surface area contributed by atoms with E-state index in [1.54, 1.807) is 0 Å². The zero-order valence-electron chi connectivity index (χ0n) is 10.8. The molecule has 0 spiro atoms. The highest BCUT2D eigenvalue weighted by Gasteiger charge is 2.30. The van der Waals surface area contributed by atoms with E-state index in [9.17, 15) is 18.3 Å². The molecule has 1 atom stereocenters. The highest BCUT2D eigenvalue weighted by molar-refractivity contribution is 5.28. The number of benzene rings is 2. The summed E-state index contributed by atoms with van der Waals surface area (Å²) < 4.78 is 37.4. The Labute approximate surface area is 115 Å². The normalized spacial score (nSPS) is 13.2. The molecule has 0 aliphatic carbocycles. The predicted octanol–water partition coefficient (Wildman–Crippen LogP) is 4.02. The van der Waals surface area contributed by atoms with Gasteiger partial charge in [0.1, 0.15) is 0 Å². The zero-order chi connectivity index (χ0) is 14.6. The molecule has 0 saturated carbocycles. The van der Waals surface area contributed by atoms with Gasteiger partial charge in [-0.3, -0.25) is 0 Å². The Morgan fingerprint density at radius 3 is 2.00 bits per heavy atom. The summed E-state index contributed by atoms with van der Waals surface area (Å²) in [5, 5.41) is 9.44. The van der Waals surface area contributed by atoms with Gasteiger partial charge in [-0.05, 0) is 29.7 Å². The van der Waals surface area contributed by atoms with Gasteiger partial charge in [0.2, 0.25) is 0 Å². The summed E-state index contributed by atoms with van der Waals surface area (Å²) in [6.07, 6.45) is -3.80. The van der Waals surface area contributed by atoms with Gasteiger partial charge in [-0.25, -0.2) is 0 Å².